The van der Waals surface area contributed by atoms with Gasteiger partial charge in [-0.3, -0.25) is 9.48 Å². The standard InChI is InChI=1S/C13H23N5O2/c1-7(2)11(12(14)17-20)13(19)15-6-10-8(3)16-18(5)9(10)4/h7,11,20H,6H2,1-5H3,(H2,14,17)(H,15,19). The van der Waals surface area contributed by atoms with Crippen LogP contribution in [0.5, 0.6) is 0 Å². The molecule has 1 atom stereocenters. The topological polar surface area (TPSA) is 106 Å². The Morgan fingerprint density at radius 2 is 2.10 bits per heavy atom. The summed E-state index contributed by atoms with van der Waals surface area (Å²) in [5.74, 6) is -1.02. The predicted octanol–water partition coefficient (Wildman–Crippen LogP) is 0.672. The molecular weight excluding hydrogens is 258 g/mol. The number of amides is 1. The number of aromatic nitrogens is 2. The fourth-order valence-corrected chi connectivity index (χ4v) is 2.20. The zero-order valence-corrected chi connectivity index (χ0v) is 12.6. The van der Waals surface area contributed by atoms with Crippen molar-refractivity contribution in [1.82, 2.24) is 15.1 Å². The summed E-state index contributed by atoms with van der Waals surface area (Å²) in [7, 11) is 1.86. The Kier molecular flexibility index (Phi) is 5.12. The van der Waals surface area contributed by atoms with E-state index in [0.29, 0.717) is 6.54 Å². The Hall–Kier alpha value is -2.05. The molecular formula is C13H23N5O2. The molecule has 20 heavy (non-hydrogen) atoms. The number of aryl methyl sites for hydroxylation is 2. The molecule has 1 aromatic heterocycles. The van der Waals surface area contributed by atoms with E-state index in [0.717, 1.165) is 17.0 Å². The molecule has 0 radical (unpaired) electrons. The van der Waals surface area contributed by atoms with Gasteiger partial charge < -0.3 is 16.3 Å². The molecule has 0 saturated heterocycles. The first-order chi connectivity index (χ1) is 9.29. The van der Waals surface area contributed by atoms with E-state index in [4.69, 9.17) is 10.9 Å². The molecule has 4 N–H and O–H groups in total. The molecule has 0 aliphatic carbocycles. The summed E-state index contributed by atoms with van der Waals surface area (Å²) in [5.41, 5.74) is 8.45. The van der Waals surface area contributed by atoms with Crippen LogP contribution in [0, 0.1) is 25.7 Å². The molecule has 7 heteroatoms. The minimum absolute atomic E-state index is 0.0537. The van der Waals surface area contributed by atoms with Gasteiger partial charge in [-0.2, -0.15) is 5.10 Å². The van der Waals surface area contributed by atoms with Gasteiger partial charge in [0.15, 0.2) is 5.84 Å². The van der Waals surface area contributed by atoms with Crippen LogP contribution in [0.15, 0.2) is 5.16 Å². The highest BCUT2D eigenvalue weighted by Gasteiger charge is 2.26. The van der Waals surface area contributed by atoms with Crippen LogP contribution in [-0.2, 0) is 18.4 Å². The summed E-state index contributed by atoms with van der Waals surface area (Å²) in [5, 5.41) is 18.8. The molecule has 0 aromatic carbocycles. The molecule has 0 bridgehead atoms. The maximum Gasteiger partial charge on any atom is 0.231 e. The number of hydrogen-bond acceptors (Lipinski definition) is 4. The summed E-state index contributed by atoms with van der Waals surface area (Å²) < 4.78 is 1.78. The second-order valence-corrected chi connectivity index (χ2v) is 5.24. The Balaban J connectivity index is 2.80. The quantitative estimate of drug-likeness (QED) is 0.319. The molecule has 1 unspecified atom stereocenters. The molecule has 7 nitrogen and oxygen atoms in total. The summed E-state index contributed by atoms with van der Waals surface area (Å²) in [6, 6.07) is 0. The molecule has 1 aromatic rings. The van der Waals surface area contributed by atoms with Gasteiger partial charge in [0.05, 0.1) is 5.69 Å². The number of nitrogens with two attached hydrogens (primary N) is 1. The second kappa shape index (κ2) is 6.40. The minimum atomic E-state index is -0.641. The Morgan fingerprint density at radius 1 is 1.50 bits per heavy atom. The smallest absolute Gasteiger partial charge is 0.231 e. The number of nitrogens with zero attached hydrogens (tertiary/aromatic N) is 3. The first kappa shape index (κ1) is 16.0. The molecule has 0 spiro atoms. The van der Waals surface area contributed by atoms with Crippen molar-refractivity contribution >= 4 is 11.7 Å². The Morgan fingerprint density at radius 3 is 2.50 bits per heavy atom. The van der Waals surface area contributed by atoms with E-state index in [-0.39, 0.29) is 17.7 Å². The van der Waals surface area contributed by atoms with Crippen molar-refractivity contribution in [2.75, 3.05) is 0 Å². The molecule has 1 amide bonds. The van der Waals surface area contributed by atoms with Crippen molar-refractivity contribution in [2.24, 2.45) is 29.8 Å². The average Bonchev–Trinajstić information content (AvgIpc) is 2.60. The van der Waals surface area contributed by atoms with E-state index in [1.54, 1.807) is 4.68 Å². The number of amidine groups is 1. The number of carbonyl (C=O) groups excluding carboxylic acids is 1. The van der Waals surface area contributed by atoms with E-state index in [1.165, 1.54) is 0 Å². The Labute approximate surface area is 118 Å². The average molecular weight is 281 g/mol. The summed E-state index contributed by atoms with van der Waals surface area (Å²) >= 11 is 0. The lowest BCUT2D eigenvalue weighted by Crippen LogP contribution is -2.41. The largest absolute Gasteiger partial charge is 0.409 e. The van der Waals surface area contributed by atoms with Crippen LogP contribution < -0.4 is 11.1 Å². The van der Waals surface area contributed by atoms with Crippen LogP contribution in [0.2, 0.25) is 0 Å². The van der Waals surface area contributed by atoms with Gasteiger partial charge in [0, 0.05) is 24.8 Å². The van der Waals surface area contributed by atoms with Gasteiger partial charge in [-0.15, -0.1) is 0 Å². The van der Waals surface area contributed by atoms with Gasteiger partial charge in [-0.25, -0.2) is 0 Å². The van der Waals surface area contributed by atoms with Crippen molar-refractivity contribution in [3.8, 4) is 0 Å². The van der Waals surface area contributed by atoms with Crippen LogP contribution in [0.25, 0.3) is 0 Å². The molecule has 0 aliphatic rings. The van der Waals surface area contributed by atoms with Crippen LogP contribution in [0.4, 0.5) is 0 Å². The van der Waals surface area contributed by atoms with Crippen LogP contribution >= 0.6 is 0 Å². The van der Waals surface area contributed by atoms with Gasteiger partial charge in [-0.1, -0.05) is 19.0 Å². The molecule has 0 saturated carbocycles. The lowest BCUT2D eigenvalue weighted by atomic mass is 9.94. The van der Waals surface area contributed by atoms with E-state index in [1.807, 2.05) is 34.7 Å². The third-order valence-electron chi connectivity index (χ3n) is 3.48. The normalized spacial score (nSPS) is 13.6. The fraction of sp³-hybridized carbons (Fsp3) is 0.615. The molecule has 0 fully saturated rings. The monoisotopic (exact) mass is 281 g/mol. The highest BCUT2D eigenvalue weighted by molar-refractivity contribution is 6.02. The summed E-state index contributed by atoms with van der Waals surface area (Å²) in [4.78, 5) is 12.2. The van der Waals surface area contributed by atoms with Gasteiger partial charge in [-0.05, 0) is 19.8 Å². The van der Waals surface area contributed by atoms with Crippen molar-refractivity contribution in [3.63, 3.8) is 0 Å². The third kappa shape index (κ3) is 3.28. The zero-order valence-electron chi connectivity index (χ0n) is 12.6. The predicted molar refractivity (Wildman–Crippen MR) is 76.3 cm³/mol. The second-order valence-electron chi connectivity index (χ2n) is 5.24. The van der Waals surface area contributed by atoms with Crippen LogP contribution in [-0.4, -0.2) is 26.7 Å². The van der Waals surface area contributed by atoms with Crippen LogP contribution in [0.3, 0.4) is 0 Å². The molecule has 112 valence electrons. The van der Waals surface area contributed by atoms with E-state index in [9.17, 15) is 4.79 Å². The van der Waals surface area contributed by atoms with E-state index >= 15 is 0 Å². The van der Waals surface area contributed by atoms with Crippen molar-refractivity contribution in [3.05, 3.63) is 17.0 Å². The fourth-order valence-electron chi connectivity index (χ4n) is 2.20. The number of carbonyl (C=O) groups is 1. The van der Waals surface area contributed by atoms with Crippen molar-refractivity contribution < 1.29 is 10.0 Å². The van der Waals surface area contributed by atoms with E-state index in [2.05, 4.69) is 15.6 Å². The lowest BCUT2D eigenvalue weighted by molar-refractivity contribution is -0.124. The number of oxime groups is 1. The van der Waals surface area contributed by atoms with Crippen molar-refractivity contribution in [2.45, 2.75) is 34.2 Å². The highest BCUT2D eigenvalue weighted by Crippen LogP contribution is 2.14. The van der Waals surface area contributed by atoms with Gasteiger partial charge in [0.2, 0.25) is 5.91 Å². The number of nitrogens with one attached hydrogen (secondary N) is 1. The number of hydrogen-bond donors (Lipinski definition) is 3. The minimum Gasteiger partial charge on any atom is -0.409 e. The van der Waals surface area contributed by atoms with E-state index < -0.39 is 5.92 Å². The molecule has 0 aliphatic heterocycles. The van der Waals surface area contributed by atoms with Crippen molar-refractivity contribution in [1.29, 1.82) is 0 Å². The van der Waals surface area contributed by atoms with Crippen LogP contribution in [0.1, 0.15) is 30.8 Å². The summed E-state index contributed by atoms with van der Waals surface area (Å²) in [6.45, 7) is 7.93. The highest BCUT2D eigenvalue weighted by atomic mass is 16.4. The zero-order chi connectivity index (χ0) is 15.4. The van der Waals surface area contributed by atoms with Gasteiger partial charge in [0.1, 0.15) is 5.92 Å². The Bertz CT molecular complexity index is 519. The molecule has 1 heterocycles. The lowest BCUT2D eigenvalue weighted by Gasteiger charge is -2.18. The number of rotatable bonds is 5. The first-order valence-corrected chi connectivity index (χ1v) is 6.53. The summed E-state index contributed by atoms with van der Waals surface area (Å²) in [6.07, 6.45) is 0. The van der Waals surface area contributed by atoms with Gasteiger partial charge in [0.25, 0.3) is 0 Å². The maximum absolute atomic E-state index is 12.2. The SMILES string of the molecule is Cc1nn(C)c(C)c1CNC(=O)C(C(N)=NO)C(C)C. The van der Waals surface area contributed by atoms with Gasteiger partial charge >= 0.3 is 0 Å². The third-order valence-corrected chi connectivity index (χ3v) is 3.48. The first-order valence-electron chi connectivity index (χ1n) is 6.53. The maximum atomic E-state index is 12.2. The molecule has 1 rings (SSSR count).